The van der Waals surface area contributed by atoms with Crippen LogP contribution in [0.2, 0.25) is 0 Å². The van der Waals surface area contributed by atoms with Crippen LogP contribution in [0, 0.1) is 0 Å². The minimum absolute atomic E-state index is 0.251. The number of piperidine rings is 1. The highest BCUT2D eigenvalue weighted by Crippen LogP contribution is 2.17. The van der Waals surface area contributed by atoms with Crippen molar-refractivity contribution in [1.82, 2.24) is 20.1 Å². The van der Waals surface area contributed by atoms with Crippen LogP contribution < -0.4 is 11.1 Å². The molecule has 0 bridgehead atoms. The summed E-state index contributed by atoms with van der Waals surface area (Å²) in [6.45, 7) is 1.89. The van der Waals surface area contributed by atoms with Crippen LogP contribution in [0.5, 0.6) is 0 Å². The van der Waals surface area contributed by atoms with Gasteiger partial charge in [-0.2, -0.15) is 5.10 Å². The van der Waals surface area contributed by atoms with E-state index >= 15 is 0 Å². The first-order valence-corrected chi connectivity index (χ1v) is 4.69. The first-order chi connectivity index (χ1) is 6.79. The molecule has 0 saturated carbocycles. The molecule has 76 valence electrons. The minimum atomic E-state index is -0.513. The molecule has 6 nitrogen and oxygen atoms in total. The lowest BCUT2D eigenvalue weighted by Gasteiger charge is -2.23. The maximum Gasteiger partial charge on any atom is 0.286 e. The summed E-state index contributed by atoms with van der Waals surface area (Å²) in [7, 11) is 0. The number of hydrogen-bond donors (Lipinski definition) is 2. The molecule has 1 aliphatic rings. The molecular formula is C8H13N5O. The van der Waals surface area contributed by atoms with Gasteiger partial charge < -0.3 is 11.1 Å². The summed E-state index contributed by atoms with van der Waals surface area (Å²) in [4.78, 5) is 14.9. The number of carbonyl (C=O) groups is 1. The molecular weight excluding hydrogens is 182 g/mol. The second-order valence-electron chi connectivity index (χ2n) is 3.37. The lowest BCUT2D eigenvalue weighted by molar-refractivity contribution is 0.0980. The molecule has 0 atom stereocenters. The molecule has 0 unspecified atom stereocenters. The van der Waals surface area contributed by atoms with Gasteiger partial charge >= 0.3 is 0 Å². The Bertz CT molecular complexity index is 328. The first-order valence-electron chi connectivity index (χ1n) is 4.69. The van der Waals surface area contributed by atoms with E-state index in [2.05, 4.69) is 15.4 Å². The van der Waals surface area contributed by atoms with Gasteiger partial charge in [0.1, 0.15) is 6.33 Å². The SMILES string of the molecule is NC(=O)c1ncnn1C1CCNCC1. The van der Waals surface area contributed by atoms with Crippen molar-refractivity contribution in [2.24, 2.45) is 5.73 Å². The predicted molar refractivity (Wildman–Crippen MR) is 49.7 cm³/mol. The Morgan fingerprint density at radius 3 is 2.93 bits per heavy atom. The summed E-state index contributed by atoms with van der Waals surface area (Å²) in [6, 6.07) is 0.251. The molecule has 0 aliphatic carbocycles. The van der Waals surface area contributed by atoms with Crippen LogP contribution in [-0.4, -0.2) is 33.8 Å². The summed E-state index contributed by atoms with van der Waals surface area (Å²) < 4.78 is 1.64. The molecule has 3 N–H and O–H groups in total. The normalized spacial score (nSPS) is 18.3. The molecule has 2 heterocycles. The van der Waals surface area contributed by atoms with Gasteiger partial charge in [0.2, 0.25) is 5.82 Å². The van der Waals surface area contributed by atoms with Crippen molar-refractivity contribution in [2.45, 2.75) is 18.9 Å². The van der Waals surface area contributed by atoms with Gasteiger partial charge in [0.25, 0.3) is 5.91 Å². The summed E-state index contributed by atoms with van der Waals surface area (Å²) >= 11 is 0. The minimum Gasteiger partial charge on any atom is -0.363 e. The molecule has 1 aromatic rings. The van der Waals surface area contributed by atoms with Gasteiger partial charge in [-0.05, 0) is 25.9 Å². The average molecular weight is 195 g/mol. The van der Waals surface area contributed by atoms with E-state index in [9.17, 15) is 4.79 Å². The summed E-state index contributed by atoms with van der Waals surface area (Å²) in [5, 5.41) is 7.29. The van der Waals surface area contributed by atoms with Crippen LogP contribution in [0.1, 0.15) is 29.5 Å². The van der Waals surface area contributed by atoms with Crippen LogP contribution >= 0.6 is 0 Å². The number of primary amides is 1. The Morgan fingerprint density at radius 2 is 2.29 bits per heavy atom. The first kappa shape index (κ1) is 9.14. The van der Waals surface area contributed by atoms with E-state index in [0.29, 0.717) is 0 Å². The zero-order valence-electron chi connectivity index (χ0n) is 7.81. The van der Waals surface area contributed by atoms with E-state index in [1.807, 2.05) is 0 Å². The second-order valence-corrected chi connectivity index (χ2v) is 3.37. The summed E-state index contributed by atoms with van der Waals surface area (Å²) in [6.07, 6.45) is 3.30. The van der Waals surface area contributed by atoms with Crippen molar-refractivity contribution in [1.29, 1.82) is 0 Å². The van der Waals surface area contributed by atoms with Crippen LogP contribution in [0.25, 0.3) is 0 Å². The number of aromatic nitrogens is 3. The van der Waals surface area contributed by atoms with Gasteiger partial charge in [0, 0.05) is 0 Å². The Balaban J connectivity index is 2.21. The van der Waals surface area contributed by atoms with Crippen LogP contribution in [0.15, 0.2) is 6.33 Å². The Morgan fingerprint density at radius 1 is 1.57 bits per heavy atom. The van der Waals surface area contributed by atoms with Gasteiger partial charge in [0.15, 0.2) is 0 Å². The van der Waals surface area contributed by atoms with E-state index < -0.39 is 5.91 Å². The number of hydrogen-bond acceptors (Lipinski definition) is 4. The smallest absolute Gasteiger partial charge is 0.286 e. The zero-order valence-corrected chi connectivity index (χ0v) is 7.81. The fourth-order valence-corrected chi connectivity index (χ4v) is 1.74. The summed E-state index contributed by atoms with van der Waals surface area (Å²) in [5.74, 6) is -0.252. The van der Waals surface area contributed by atoms with E-state index in [1.54, 1.807) is 4.68 Å². The monoisotopic (exact) mass is 195 g/mol. The molecule has 0 spiro atoms. The lowest BCUT2D eigenvalue weighted by atomic mass is 10.1. The molecule has 0 aromatic carbocycles. The van der Waals surface area contributed by atoms with Crippen LogP contribution in [0.3, 0.4) is 0 Å². The maximum atomic E-state index is 11.0. The van der Waals surface area contributed by atoms with Gasteiger partial charge in [-0.1, -0.05) is 0 Å². The largest absolute Gasteiger partial charge is 0.363 e. The van der Waals surface area contributed by atoms with Crippen molar-refractivity contribution in [3.63, 3.8) is 0 Å². The number of nitrogens with zero attached hydrogens (tertiary/aromatic N) is 3. The third-order valence-corrected chi connectivity index (χ3v) is 2.45. The van der Waals surface area contributed by atoms with E-state index in [1.165, 1.54) is 6.33 Å². The molecule has 1 saturated heterocycles. The third kappa shape index (κ3) is 1.60. The molecule has 6 heteroatoms. The van der Waals surface area contributed by atoms with Gasteiger partial charge in [-0.25, -0.2) is 9.67 Å². The van der Waals surface area contributed by atoms with Gasteiger partial charge in [-0.15, -0.1) is 0 Å². The molecule has 0 radical (unpaired) electrons. The molecule has 2 rings (SSSR count). The topological polar surface area (TPSA) is 85.8 Å². The Labute approximate surface area is 81.5 Å². The van der Waals surface area contributed by atoms with Crippen LogP contribution in [-0.2, 0) is 0 Å². The fourth-order valence-electron chi connectivity index (χ4n) is 1.74. The molecule has 1 aromatic heterocycles. The third-order valence-electron chi connectivity index (χ3n) is 2.45. The Hall–Kier alpha value is -1.43. The molecule has 1 aliphatic heterocycles. The van der Waals surface area contributed by atoms with Crippen molar-refractivity contribution >= 4 is 5.91 Å². The molecule has 1 amide bonds. The summed E-state index contributed by atoms with van der Waals surface area (Å²) in [5.41, 5.74) is 5.19. The fraction of sp³-hybridized carbons (Fsp3) is 0.625. The lowest BCUT2D eigenvalue weighted by Crippen LogP contribution is -2.32. The highest BCUT2D eigenvalue weighted by atomic mass is 16.1. The molecule has 14 heavy (non-hydrogen) atoms. The number of nitrogens with two attached hydrogens (primary N) is 1. The van der Waals surface area contributed by atoms with Crippen molar-refractivity contribution in [3.8, 4) is 0 Å². The maximum absolute atomic E-state index is 11.0. The molecule has 1 fully saturated rings. The quantitative estimate of drug-likeness (QED) is 0.653. The Kier molecular flexibility index (Phi) is 2.45. The van der Waals surface area contributed by atoms with Crippen LogP contribution in [0.4, 0.5) is 0 Å². The van der Waals surface area contributed by atoms with Crippen molar-refractivity contribution in [3.05, 3.63) is 12.2 Å². The van der Waals surface area contributed by atoms with Crippen molar-refractivity contribution < 1.29 is 4.79 Å². The highest BCUT2D eigenvalue weighted by Gasteiger charge is 2.20. The predicted octanol–water partition coefficient (Wildman–Crippen LogP) is -0.699. The van der Waals surface area contributed by atoms with Crippen molar-refractivity contribution in [2.75, 3.05) is 13.1 Å². The standard InChI is InChI=1S/C8H13N5O/c9-7(14)8-11-5-12-13(8)6-1-3-10-4-2-6/h5-6,10H,1-4H2,(H2,9,14). The van der Waals surface area contributed by atoms with Gasteiger partial charge in [0.05, 0.1) is 6.04 Å². The number of amides is 1. The van der Waals surface area contributed by atoms with Gasteiger partial charge in [-0.3, -0.25) is 4.79 Å². The van der Waals surface area contributed by atoms with E-state index in [-0.39, 0.29) is 11.9 Å². The zero-order chi connectivity index (χ0) is 9.97. The number of rotatable bonds is 2. The average Bonchev–Trinajstić information content (AvgIpc) is 2.67. The second kappa shape index (κ2) is 3.75. The van der Waals surface area contributed by atoms with E-state index in [0.717, 1.165) is 25.9 Å². The van der Waals surface area contributed by atoms with E-state index in [4.69, 9.17) is 5.73 Å². The highest BCUT2D eigenvalue weighted by molar-refractivity contribution is 5.88. The number of nitrogens with one attached hydrogen (secondary N) is 1. The number of carbonyl (C=O) groups excluding carboxylic acids is 1.